The maximum absolute atomic E-state index is 10.8. The van der Waals surface area contributed by atoms with Gasteiger partial charge in [-0.3, -0.25) is 4.79 Å². The molecule has 3 rings (SSSR count). The van der Waals surface area contributed by atoms with E-state index in [1.807, 2.05) is 30.3 Å². The van der Waals surface area contributed by atoms with Crippen molar-refractivity contribution in [2.45, 2.75) is 0 Å². The second-order valence-electron chi connectivity index (χ2n) is 4.40. The lowest BCUT2D eigenvalue weighted by Crippen LogP contribution is -1.92. The number of aromatic nitrogens is 2. The van der Waals surface area contributed by atoms with Crippen LogP contribution >= 0.6 is 0 Å². The van der Waals surface area contributed by atoms with Gasteiger partial charge in [-0.2, -0.15) is 0 Å². The quantitative estimate of drug-likeness (QED) is 0.681. The molecule has 0 aliphatic rings. The fourth-order valence-corrected chi connectivity index (χ4v) is 1.93. The zero-order valence-corrected chi connectivity index (χ0v) is 11.1. The fraction of sp³-hybridized carbons (Fsp3) is 0. The molecular formula is C17H12N2O2. The SMILES string of the molecule is O=Cc1cccc(Oc2cc(-c3ccccc3)ncn2)c1. The molecular weight excluding hydrogens is 264 g/mol. The average molecular weight is 276 g/mol. The molecule has 0 saturated carbocycles. The molecule has 4 heteroatoms. The lowest BCUT2D eigenvalue weighted by Gasteiger charge is -2.06. The third-order valence-corrected chi connectivity index (χ3v) is 2.93. The number of rotatable bonds is 4. The molecule has 0 bridgehead atoms. The summed E-state index contributed by atoms with van der Waals surface area (Å²) in [5, 5.41) is 0. The average Bonchev–Trinajstić information content (AvgIpc) is 2.56. The van der Waals surface area contributed by atoms with Crippen molar-refractivity contribution in [3.05, 3.63) is 72.6 Å². The van der Waals surface area contributed by atoms with E-state index in [2.05, 4.69) is 9.97 Å². The summed E-state index contributed by atoms with van der Waals surface area (Å²) in [6.07, 6.45) is 2.24. The van der Waals surface area contributed by atoms with Gasteiger partial charge in [0.15, 0.2) is 0 Å². The molecule has 0 aliphatic carbocycles. The zero-order chi connectivity index (χ0) is 14.5. The van der Waals surface area contributed by atoms with Crippen molar-refractivity contribution in [2.75, 3.05) is 0 Å². The Hall–Kier alpha value is -3.01. The molecule has 1 heterocycles. The van der Waals surface area contributed by atoms with E-state index in [0.717, 1.165) is 17.5 Å². The number of benzene rings is 2. The molecule has 0 N–H and O–H groups in total. The standard InChI is InChI=1S/C17H12N2O2/c20-11-13-5-4-8-15(9-13)21-17-10-16(18-12-19-17)14-6-2-1-3-7-14/h1-12H. The fourth-order valence-electron chi connectivity index (χ4n) is 1.93. The Balaban J connectivity index is 1.88. The van der Waals surface area contributed by atoms with Crippen molar-refractivity contribution in [3.63, 3.8) is 0 Å². The Bertz CT molecular complexity index is 758. The number of nitrogens with zero attached hydrogens (tertiary/aromatic N) is 2. The summed E-state index contributed by atoms with van der Waals surface area (Å²) in [5.41, 5.74) is 2.34. The molecule has 0 atom stereocenters. The highest BCUT2D eigenvalue weighted by Crippen LogP contribution is 2.23. The molecule has 0 radical (unpaired) electrons. The molecule has 102 valence electrons. The number of carbonyl (C=O) groups excluding carboxylic acids is 1. The van der Waals surface area contributed by atoms with E-state index >= 15 is 0 Å². The monoisotopic (exact) mass is 276 g/mol. The van der Waals surface area contributed by atoms with Crippen LogP contribution in [-0.4, -0.2) is 16.3 Å². The van der Waals surface area contributed by atoms with Crippen LogP contribution in [0.15, 0.2) is 67.0 Å². The predicted octanol–water partition coefficient (Wildman–Crippen LogP) is 3.75. The summed E-state index contributed by atoms with van der Waals surface area (Å²) in [5.74, 6) is 1.00. The van der Waals surface area contributed by atoms with Gasteiger partial charge in [-0.05, 0) is 12.1 Å². The van der Waals surface area contributed by atoms with Crippen LogP contribution in [0.3, 0.4) is 0 Å². The Morgan fingerprint density at radius 2 is 1.76 bits per heavy atom. The molecule has 0 fully saturated rings. The molecule has 0 unspecified atom stereocenters. The van der Waals surface area contributed by atoms with Crippen LogP contribution in [0.25, 0.3) is 11.3 Å². The first-order valence-corrected chi connectivity index (χ1v) is 6.46. The van der Waals surface area contributed by atoms with Crippen molar-refractivity contribution >= 4 is 6.29 Å². The zero-order valence-electron chi connectivity index (χ0n) is 11.1. The Morgan fingerprint density at radius 3 is 2.57 bits per heavy atom. The third kappa shape index (κ3) is 3.12. The first-order valence-electron chi connectivity index (χ1n) is 6.46. The van der Waals surface area contributed by atoms with Crippen molar-refractivity contribution in [3.8, 4) is 22.9 Å². The van der Waals surface area contributed by atoms with Crippen LogP contribution < -0.4 is 4.74 Å². The van der Waals surface area contributed by atoms with Crippen LogP contribution in [0.2, 0.25) is 0 Å². The molecule has 0 aliphatic heterocycles. The topological polar surface area (TPSA) is 52.1 Å². The van der Waals surface area contributed by atoms with E-state index in [1.165, 1.54) is 6.33 Å². The van der Waals surface area contributed by atoms with Crippen LogP contribution in [0, 0.1) is 0 Å². The first-order chi connectivity index (χ1) is 10.3. The van der Waals surface area contributed by atoms with Crippen molar-refractivity contribution in [1.29, 1.82) is 0 Å². The van der Waals surface area contributed by atoms with Gasteiger partial charge >= 0.3 is 0 Å². The van der Waals surface area contributed by atoms with Crippen LogP contribution in [0.5, 0.6) is 11.6 Å². The van der Waals surface area contributed by atoms with Crippen LogP contribution in [0.4, 0.5) is 0 Å². The summed E-state index contributed by atoms with van der Waals surface area (Å²) in [4.78, 5) is 19.1. The van der Waals surface area contributed by atoms with Gasteiger partial charge in [0.25, 0.3) is 0 Å². The van der Waals surface area contributed by atoms with E-state index in [9.17, 15) is 4.79 Å². The number of aldehydes is 1. The maximum Gasteiger partial charge on any atom is 0.222 e. The van der Waals surface area contributed by atoms with Gasteiger partial charge in [0.05, 0.1) is 5.69 Å². The minimum absolute atomic E-state index is 0.437. The van der Waals surface area contributed by atoms with Gasteiger partial charge in [-0.1, -0.05) is 42.5 Å². The lowest BCUT2D eigenvalue weighted by molar-refractivity contribution is 0.112. The molecule has 4 nitrogen and oxygen atoms in total. The minimum atomic E-state index is 0.437. The number of carbonyl (C=O) groups is 1. The summed E-state index contributed by atoms with van der Waals surface area (Å²) in [6, 6.07) is 18.5. The number of ether oxygens (including phenoxy) is 1. The molecule has 2 aromatic carbocycles. The Kier molecular flexibility index (Phi) is 3.69. The first kappa shape index (κ1) is 13.0. The minimum Gasteiger partial charge on any atom is -0.439 e. The predicted molar refractivity (Wildman–Crippen MR) is 79.4 cm³/mol. The van der Waals surface area contributed by atoms with Gasteiger partial charge in [0.2, 0.25) is 5.88 Å². The molecule has 0 saturated heterocycles. The molecule has 0 spiro atoms. The second-order valence-corrected chi connectivity index (χ2v) is 4.40. The molecule has 1 aromatic heterocycles. The van der Waals surface area contributed by atoms with Gasteiger partial charge in [-0.15, -0.1) is 0 Å². The number of hydrogen-bond donors (Lipinski definition) is 0. The largest absolute Gasteiger partial charge is 0.439 e. The van der Waals surface area contributed by atoms with Gasteiger partial charge in [-0.25, -0.2) is 9.97 Å². The maximum atomic E-state index is 10.8. The van der Waals surface area contributed by atoms with Crippen molar-refractivity contribution in [2.24, 2.45) is 0 Å². The third-order valence-electron chi connectivity index (χ3n) is 2.93. The molecule has 3 aromatic rings. The van der Waals surface area contributed by atoms with E-state index in [4.69, 9.17) is 4.74 Å². The normalized spacial score (nSPS) is 10.1. The van der Waals surface area contributed by atoms with E-state index in [0.29, 0.717) is 17.2 Å². The summed E-state index contributed by atoms with van der Waals surface area (Å²) >= 11 is 0. The highest BCUT2D eigenvalue weighted by molar-refractivity contribution is 5.75. The van der Waals surface area contributed by atoms with E-state index in [-0.39, 0.29) is 0 Å². The van der Waals surface area contributed by atoms with Crippen LogP contribution in [-0.2, 0) is 0 Å². The Labute approximate surface area is 122 Å². The lowest BCUT2D eigenvalue weighted by atomic mass is 10.1. The van der Waals surface area contributed by atoms with Gasteiger partial charge in [0.1, 0.15) is 18.4 Å². The highest BCUT2D eigenvalue weighted by atomic mass is 16.5. The summed E-state index contributed by atoms with van der Waals surface area (Å²) in [7, 11) is 0. The number of hydrogen-bond acceptors (Lipinski definition) is 4. The van der Waals surface area contributed by atoms with E-state index in [1.54, 1.807) is 30.3 Å². The van der Waals surface area contributed by atoms with Gasteiger partial charge in [0, 0.05) is 17.2 Å². The van der Waals surface area contributed by atoms with E-state index < -0.39 is 0 Å². The summed E-state index contributed by atoms with van der Waals surface area (Å²) < 4.78 is 5.67. The second kappa shape index (κ2) is 5.96. The van der Waals surface area contributed by atoms with Gasteiger partial charge < -0.3 is 4.74 Å². The van der Waals surface area contributed by atoms with Crippen molar-refractivity contribution in [1.82, 2.24) is 9.97 Å². The molecule has 21 heavy (non-hydrogen) atoms. The molecule has 0 amide bonds. The Morgan fingerprint density at radius 1 is 0.905 bits per heavy atom. The van der Waals surface area contributed by atoms with Crippen LogP contribution in [0.1, 0.15) is 10.4 Å². The smallest absolute Gasteiger partial charge is 0.222 e. The van der Waals surface area contributed by atoms with Crippen molar-refractivity contribution < 1.29 is 9.53 Å². The highest BCUT2D eigenvalue weighted by Gasteiger charge is 2.04. The summed E-state index contributed by atoms with van der Waals surface area (Å²) in [6.45, 7) is 0.